The summed E-state index contributed by atoms with van der Waals surface area (Å²) in [6.07, 6.45) is 0. The lowest BCUT2D eigenvalue weighted by Crippen LogP contribution is -2.41. The summed E-state index contributed by atoms with van der Waals surface area (Å²) in [5.41, 5.74) is 0.115. The summed E-state index contributed by atoms with van der Waals surface area (Å²) in [7, 11) is 1.64. The molecular weight excluding hydrogens is 218 g/mol. The van der Waals surface area contributed by atoms with Crippen LogP contribution in [0.3, 0.4) is 0 Å². The van der Waals surface area contributed by atoms with Gasteiger partial charge < -0.3 is 4.74 Å². The van der Waals surface area contributed by atoms with Crippen molar-refractivity contribution in [2.45, 2.75) is 38.9 Å². The summed E-state index contributed by atoms with van der Waals surface area (Å²) in [6, 6.07) is 7.55. The van der Waals surface area contributed by atoms with Crippen LogP contribution in [0.5, 0.6) is 5.75 Å². The van der Waals surface area contributed by atoms with E-state index in [-0.39, 0.29) is 11.2 Å². The SMILES string of the molecule is COc1ccc(N2OC(C)(C)C(C)(C)O2)cc1. The Kier molecular flexibility index (Phi) is 2.79. The molecule has 1 aliphatic heterocycles. The molecule has 1 heterocycles. The number of rotatable bonds is 2. The second-order valence-corrected chi connectivity index (χ2v) is 5.16. The maximum absolute atomic E-state index is 5.79. The monoisotopic (exact) mass is 237 g/mol. The lowest BCUT2D eigenvalue weighted by atomic mass is 9.90. The molecule has 1 aromatic carbocycles. The second-order valence-electron chi connectivity index (χ2n) is 5.16. The smallest absolute Gasteiger partial charge is 0.124 e. The highest BCUT2D eigenvalue weighted by Crippen LogP contribution is 2.39. The summed E-state index contributed by atoms with van der Waals surface area (Å²) < 4.78 is 5.11. The molecule has 1 saturated heterocycles. The van der Waals surface area contributed by atoms with Crippen LogP contribution in [0.2, 0.25) is 0 Å². The molecule has 2 rings (SSSR count). The van der Waals surface area contributed by atoms with Gasteiger partial charge in [0.1, 0.15) is 17.0 Å². The quantitative estimate of drug-likeness (QED) is 0.791. The number of benzene rings is 1. The van der Waals surface area contributed by atoms with Crippen molar-refractivity contribution >= 4 is 5.69 Å². The number of anilines is 1. The van der Waals surface area contributed by atoms with Gasteiger partial charge in [0.05, 0.1) is 12.8 Å². The average molecular weight is 237 g/mol. The van der Waals surface area contributed by atoms with E-state index >= 15 is 0 Å². The second kappa shape index (κ2) is 3.89. The standard InChI is InChI=1S/C13H19NO3/c1-12(2)13(3,4)17-14(16-12)10-6-8-11(15-5)9-7-10/h6-9H,1-5H3. The van der Waals surface area contributed by atoms with E-state index in [1.54, 1.807) is 7.11 Å². The molecule has 0 aromatic heterocycles. The predicted octanol–water partition coefficient (Wildman–Crippen LogP) is 2.94. The van der Waals surface area contributed by atoms with Crippen LogP contribution in [-0.2, 0) is 9.68 Å². The summed E-state index contributed by atoms with van der Waals surface area (Å²) in [6.45, 7) is 8.04. The molecule has 0 amide bonds. The van der Waals surface area contributed by atoms with Gasteiger partial charge in [0.15, 0.2) is 0 Å². The van der Waals surface area contributed by atoms with Crippen molar-refractivity contribution in [2.24, 2.45) is 0 Å². The number of methoxy groups -OCH3 is 1. The minimum absolute atomic E-state index is 0.368. The van der Waals surface area contributed by atoms with Crippen molar-refractivity contribution in [3.05, 3.63) is 24.3 Å². The highest BCUT2D eigenvalue weighted by atomic mass is 17.0. The van der Waals surface area contributed by atoms with Crippen LogP contribution >= 0.6 is 0 Å². The normalized spacial score (nSPS) is 21.6. The molecule has 0 saturated carbocycles. The summed E-state index contributed by atoms with van der Waals surface area (Å²) in [5, 5.41) is 1.47. The van der Waals surface area contributed by atoms with Crippen LogP contribution in [-0.4, -0.2) is 18.3 Å². The maximum Gasteiger partial charge on any atom is 0.124 e. The fourth-order valence-electron chi connectivity index (χ4n) is 1.46. The predicted molar refractivity (Wildman–Crippen MR) is 65.8 cm³/mol. The van der Waals surface area contributed by atoms with Crippen molar-refractivity contribution in [3.63, 3.8) is 0 Å². The van der Waals surface area contributed by atoms with Crippen LogP contribution in [0.25, 0.3) is 0 Å². The van der Waals surface area contributed by atoms with E-state index in [9.17, 15) is 0 Å². The highest BCUT2D eigenvalue weighted by molar-refractivity contribution is 5.45. The van der Waals surface area contributed by atoms with Crippen molar-refractivity contribution in [3.8, 4) is 5.75 Å². The van der Waals surface area contributed by atoms with E-state index in [2.05, 4.69) is 0 Å². The van der Waals surface area contributed by atoms with Gasteiger partial charge in [0, 0.05) is 0 Å². The number of ether oxygens (including phenoxy) is 1. The van der Waals surface area contributed by atoms with Gasteiger partial charge in [-0.2, -0.15) is 0 Å². The summed E-state index contributed by atoms with van der Waals surface area (Å²) in [5.74, 6) is 0.812. The largest absolute Gasteiger partial charge is 0.497 e. The Morgan fingerprint density at radius 3 is 1.82 bits per heavy atom. The Bertz CT molecular complexity index is 382. The molecule has 0 radical (unpaired) electrons. The minimum Gasteiger partial charge on any atom is -0.497 e. The third kappa shape index (κ3) is 2.10. The summed E-state index contributed by atoms with van der Waals surface area (Å²) in [4.78, 5) is 11.6. The lowest BCUT2D eigenvalue weighted by molar-refractivity contribution is -0.0273. The molecule has 0 bridgehead atoms. The molecule has 0 atom stereocenters. The Labute approximate surface area is 102 Å². The van der Waals surface area contributed by atoms with Gasteiger partial charge in [-0.05, 0) is 52.0 Å². The van der Waals surface area contributed by atoms with Crippen LogP contribution in [0, 0.1) is 0 Å². The first-order valence-corrected chi connectivity index (χ1v) is 5.68. The highest BCUT2D eigenvalue weighted by Gasteiger charge is 2.50. The van der Waals surface area contributed by atoms with Gasteiger partial charge in [0.25, 0.3) is 0 Å². The molecular formula is C13H19NO3. The van der Waals surface area contributed by atoms with Crippen LogP contribution in [0.15, 0.2) is 24.3 Å². The molecule has 0 N–H and O–H groups in total. The average Bonchev–Trinajstić information content (AvgIpc) is 2.48. The Morgan fingerprint density at radius 2 is 1.41 bits per heavy atom. The molecule has 0 spiro atoms. The van der Waals surface area contributed by atoms with Crippen molar-refractivity contribution in [2.75, 3.05) is 12.3 Å². The van der Waals surface area contributed by atoms with Gasteiger partial charge in [-0.25, -0.2) is 9.68 Å². The molecule has 0 unspecified atom stereocenters. The van der Waals surface area contributed by atoms with Gasteiger partial charge in [-0.15, -0.1) is 5.23 Å². The zero-order valence-electron chi connectivity index (χ0n) is 11.0. The van der Waals surface area contributed by atoms with E-state index in [0.29, 0.717) is 0 Å². The molecule has 17 heavy (non-hydrogen) atoms. The molecule has 0 aliphatic carbocycles. The third-order valence-corrected chi connectivity index (χ3v) is 3.36. The molecule has 1 fully saturated rings. The zero-order valence-corrected chi connectivity index (χ0v) is 11.0. The maximum atomic E-state index is 5.79. The number of hydrogen-bond donors (Lipinski definition) is 0. The van der Waals surface area contributed by atoms with Gasteiger partial charge in [-0.3, -0.25) is 0 Å². The van der Waals surface area contributed by atoms with Crippen molar-refractivity contribution < 1.29 is 14.4 Å². The van der Waals surface area contributed by atoms with Crippen LogP contribution in [0.1, 0.15) is 27.7 Å². The van der Waals surface area contributed by atoms with E-state index in [1.807, 2.05) is 52.0 Å². The van der Waals surface area contributed by atoms with E-state index in [4.69, 9.17) is 14.4 Å². The van der Waals surface area contributed by atoms with Crippen molar-refractivity contribution in [1.82, 2.24) is 0 Å². The fraction of sp³-hybridized carbons (Fsp3) is 0.538. The first-order chi connectivity index (χ1) is 7.86. The van der Waals surface area contributed by atoms with Gasteiger partial charge in [-0.1, -0.05) is 0 Å². The number of nitrogens with zero attached hydrogens (tertiary/aromatic N) is 1. The lowest BCUT2D eigenvalue weighted by Gasteiger charge is -2.26. The summed E-state index contributed by atoms with van der Waals surface area (Å²) >= 11 is 0. The van der Waals surface area contributed by atoms with Crippen LogP contribution < -0.4 is 9.96 Å². The fourth-order valence-corrected chi connectivity index (χ4v) is 1.46. The number of hydrogen-bond acceptors (Lipinski definition) is 4. The van der Waals surface area contributed by atoms with E-state index < -0.39 is 0 Å². The molecule has 1 aromatic rings. The molecule has 4 nitrogen and oxygen atoms in total. The van der Waals surface area contributed by atoms with E-state index in [1.165, 1.54) is 5.23 Å². The zero-order chi connectivity index (χ0) is 12.7. The topological polar surface area (TPSA) is 30.9 Å². The first kappa shape index (κ1) is 12.2. The van der Waals surface area contributed by atoms with Gasteiger partial charge in [0.2, 0.25) is 0 Å². The molecule has 1 aliphatic rings. The van der Waals surface area contributed by atoms with Gasteiger partial charge >= 0.3 is 0 Å². The Balaban J connectivity index is 2.20. The first-order valence-electron chi connectivity index (χ1n) is 5.68. The Hall–Kier alpha value is -1.26. The Morgan fingerprint density at radius 1 is 0.941 bits per heavy atom. The van der Waals surface area contributed by atoms with E-state index in [0.717, 1.165) is 11.4 Å². The molecule has 4 heteroatoms. The minimum atomic E-state index is -0.368. The van der Waals surface area contributed by atoms with Crippen molar-refractivity contribution in [1.29, 1.82) is 0 Å². The van der Waals surface area contributed by atoms with Crippen LogP contribution in [0.4, 0.5) is 5.69 Å². The molecule has 94 valence electrons. The third-order valence-electron chi connectivity index (χ3n) is 3.36.